The summed E-state index contributed by atoms with van der Waals surface area (Å²) in [6, 6.07) is 2.98. The van der Waals surface area contributed by atoms with Gasteiger partial charge in [-0.05, 0) is 43.2 Å². The monoisotopic (exact) mass is 292 g/mol. The third-order valence-corrected chi connectivity index (χ3v) is 6.34. The molecule has 1 spiro atoms. The van der Waals surface area contributed by atoms with E-state index in [0.717, 1.165) is 6.54 Å². The molecular weight excluding hydrogens is 264 g/mol. The number of hydrogen-bond acceptors (Lipinski definition) is 3. The summed E-state index contributed by atoms with van der Waals surface area (Å²) in [6.45, 7) is 8.18. The van der Waals surface area contributed by atoms with E-state index >= 15 is 0 Å². The molecule has 2 heterocycles. The first-order chi connectivity index (χ1) is 9.72. The summed E-state index contributed by atoms with van der Waals surface area (Å²) in [5, 5.41) is 6.16. The van der Waals surface area contributed by atoms with Crippen LogP contribution < -0.4 is 5.32 Å². The maximum absolute atomic E-state index is 3.92. The van der Waals surface area contributed by atoms with E-state index in [4.69, 9.17) is 0 Å². The Morgan fingerprint density at radius 2 is 2.15 bits per heavy atom. The number of nitrogens with zero attached hydrogens (tertiary/aromatic N) is 1. The van der Waals surface area contributed by atoms with Gasteiger partial charge >= 0.3 is 0 Å². The maximum atomic E-state index is 3.92. The molecule has 0 bridgehead atoms. The van der Waals surface area contributed by atoms with Crippen LogP contribution in [0.3, 0.4) is 0 Å². The van der Waals surface area contributed by atoms with E-state index in [-0.39, 0.29) is 0 Å². The van der Waals surface area contributed by atoms with Gasteiger partial charge in [0.15, 0.2) is 0 Å². The molecule has 0 radical (unpaired) electrons. The third-order valence-electron chi connectivity index (χ3n) is 5.33. The standard InChI is InChI=1S/C17H28N2S/c1-3-15-11-18-17(8-5-4-6-9-17)13-19(15)12-16-14(2)7-10-20-16/h7,10,15,18H,3-6,8-9,11-13H2,1-2H3. The predicted molar refractivity (Wildman–Crippen MR) is 87.4 cm³/mol. The van der Waals surface area contributed by atoms with Crippen LogP contribution in [0.1, 0.15) is 55.9 Å². The molecule has 1 N–H and O–H groups in total. The molecule has 1 saturated heterocycles. The molecule has 112 valence electrons. The first kappa shape index (κ1) is 14.6. The zero-order chi connectivity index (χ0) is 14.0. The molecule has 3 heteroatoms. The van der Waals surface area contributed by atoms with Crippen molar-refractivity contribution in [1.82, 2.24) is 10.2 Å². The van der Waals surface area contributed by atoms with E-state index in [2.05, 4.69) is 35.5 Å². The Morgan fingerprint density at radius 1 is 1.35 bits per heavy atom. The van der Waals surface area contributed by atoms with E-state index in [0.29, 0.717) is 11.6 Å². The molecule has 1 aliphatic carbocycles. The lowest BCUT2D eigenvalue weighted by atomic mass is 9.79. The van der Waals surface area contributed by atoms with Crippen molar-refractivity contribution in [2.75, 3.05) is 13.1 Å². The summed E-state index contributed by atoms with van der Waals surface area (Å²) >= 11 is 1.93. The molecule has 0 amide bonds. The minimum absolute atomic E-state index is 0.426. The quantitative estimate of drug-likeness (QED) is 0.907. The van der Waals surface area contributed by atoms with Crippen LogP contribution in [0.5, 0.6) is 0 Å². The molecule has 3 rings (SSSR count). The highest BCUT2D eigenvalue weighted by molar-refractivity contribution is 7.10. The molecule has 1 saturated carbocycles. The van der Waals surface area contributed by atoms with Crippen LogP contribution in [0.2, 0.25) is 0 Å². The number of piperazine rings is 1. The first-order valence-corrected chi connectivity index (χ1v) is 9.12. The largest absolute Gasteiger partial charge is 0.308 e. The highest BCUT2D eigenvalue weighted by atomic mass is 32.1. The van der Waals surface area contributed by atoms with Crippen LogP contribution >= 0.6 is 11.3 Å². The molecule has 1 unspecified atom stereocenters. The van der Waals surface area contributed by atoms with Gasteiger partial charge in [0.05, 0.1) is 0 Å². The minimum Gasteiger partial charge on any atom is -0.308 e. The second kappa shape index (κ2) is 6.17. The maximum Gasteiger partial charge on any atom is 0.0334 e. The molecule has 2 fully saturated rings. The van der Waals surface area contributed by atoms with Gasteiger partial charge in [0, 0.05) is 36.1 Å². The number of rotatable bonds is 3. The Hall–Kier alpha value is -0.380. The lowest BCUT2D eigenvalue weighted by molar-refractivity contribution is 0.0490. The van der Waals surface area contributed by atoms with Crippen molar-refractivity contribution in [2.45, 2.75) is 70.5 Å². The van der Waals surface area contributed by atoms with Gasteiger partial charge in [-0.2, -0.15) is 0 Å². The highest BCUT2D eigenvalue weighted by Crippen LogP contribution is 2.33. The molecular formula is C17H28N2S. The Labute approximate surface area is 127 Å². The van der Waals surface area contributed by atoms with Crippen molar-refractivity contribution in [3.8, 4) is 0 Å². The van der Waals surface area contributed by atoms with E-state index in [9.17, 15) is 0 Å². The fourth-order valence-electron chi connectivity index (χ4n) is 3.94. The molecule has 1 aromatic heterocycles. The number of nitrogens with one attached hydrogen (secondary N) is 1. The molecule has 0 aromatic carbocycles. The molecule has 2 aliphatic rings. The summed E-state index contributed by atoms with van der Waals surface area (Å²) in [5.41, 5.74) is 1.90. The van der Waals surface area contributed by atoms with Crippen molar-refractivity contribution in [2.24, 2.45) is 0 Å². The van der Waals surface area contributed by atoms with Gasteiger partial charge in [0.2, 0.25) is 0 Å². The molecule has 1 aliphatic heterocycles. The average molecular weight is 292 g/mol. The molecule has 1 atom stereocenters. The zero-order valence-electron chi connectivity index (χ0n) is 13.0. The van der Waals surface area contributed by atoms with Crippen molar-refractivity contribution in [1.29, 1.82) is 0 Å². The number of aryl methyl sites for hydroxylation is 1. The minimum atomic E-state index is 0.426. The lowest BCUT2D eigenvalue weighted by Gasteiger charge is -2.49. The first-order valence-electron chi connectivity index (χ1n) is 8.24. The Bertz CT molecular complexity index is 434. The van der Waals surface area contributed by atoms with Gasteiger partial charge in [-0.25, -0.2) is 0 Å². The Kier molecular flexibility index (Phi) is 4.49. The second-order valence-corrected chi connectivity index (χ2v) is 7.72. The SMILES string of the molecule is CCC1CNC2(CCCCC2)CN1Cc1sccc1C. The topological polar surface area (TPSA) is 15.3 Å². The summed E-state index contributed by atoms with van der Waals surface area (Å²) in [6.07, 6.45) is 8.27. The lowest BCUT2D eigenvalue weighted by Crippen LogP contribution is -2.64. The van der Waals surface area contributed by atoms with Gasteiger partial charge < -0.3 is 5.32 Å². The predicted octanol–water partition coefficient (Wildman–Crippen LogP) is 3.94. The molecule has 2 nitrogen and oxygen atoms in total. The van der Waals surface area contributed by atoms with Gasteiger partial charge in [-0.1, -0.05) is 26.2 Å². The average Bonchev–Trinajstić information content (AvgIpc) is 2.86. The van der Waals surface area contributed by atoms with Crippen molar-refractivity contribution < 1.29 is 0 Å². The number of hydrogen-bond donors (Lipinski definition) is 1. The van der Waals surface area contributed by atoms with Gasteiger partial charge in [-0.3, -0.25) is 4.90 Å². The zero-order valence-corrected chi connectivity index (χ0v) is 13.8. The Balaban J connectivity index is 1.73. The van der Waals surface area contributed by atoms with E-state index in [1.807, 2.05) is 11.3 Å². The van der Waals surface area contributed by atoms with Gasteiger partial charge in [0.25, 0.3) is 0 Å². The third kappa shape index (κ3) is 2.95. The summed E-state index contributed by atoms with van der Waals surface area (Å²) in [5.74, 6) is 0. The van der Waals surface area contributed by atoms with Crippen LogP contribution in [0.4, 0.5) is 0 Å². The van der Waals surface area contributed by atoms with E-state index < -0.39 is 0 Å². The Morgan fingerprint density at radius 3 is 2.80 bits per heavy atom. The number of thiophene rings is 1. The van der Waals surface area contributed by atoms with E-state index in [1.54, 1.807) is 4.88 Å². The normalized spacial score (nSPS) is 27.0. The summed E-state index contributed by atoms with van der Waals surface area (Å²) in [7, 11) is 0. The van der Waals surface area contributed by atoms with Crippen LogP contribution in [0.15, 0.2) is 11.4 Å². The molecule has 20 heavy (non-hydrogen) atoms. The smallest absolute Gasteiger partial charge is 0.0334 e. The van der Waals surface area contributed by atoms with Gasteiger partial charge in [-0.15, -0.1) is 11.3 Å². The van der Waals surface area contributed by atoms with Gasteiger partial charge in [0.1, 0.15) is 0 Å². The summed E-state index contributed by atoms with van der Waals surface area (Å²) in [4.78, 5) is 4.33. The molecule has 1 aromatic rings. The van der Waals surface area contributed by atoms with E-state index in [1.165, 1.54) is 57.2 Å². The van der Waals surface area contributed by atoms with Crippen molar-refractivity contribution >= 4 is 11.3 Å². The van der Waals surface area contributed by atoms with Crippen LogP contribution in [-0.4, -0.2) is 29.6 Å². The fraction of sp³-hybridized carbons (Fsp3) is 0.765. The fourth-order valence-corrected chi connectivity index (χ4v) is 4.87. The van der Waals surface area contributed by atoms with Crippen molar-refractivity contribution in [3.05, 3.63) is 21.9 Å². The second-order valence-electron chi connectivity index (χ2n) is 6.72. The van der Waals surface area contributed by atoms with Crippen molar-refractivity contribution in [3.63, 3.8) is 0 Å². The highest BCUT2D eigenvalue weighted by Gasteiger charge is 2.39. The summed E-state index contributed by atoms with van der Waals surface area (Å²) < 4.78 is 0. The van der Waals surface area contributed by atoms with Crippen LogP contribution in [-0.2, 0) is 6.54 Å². The van der Waals surface area contributed by atoms with Crippen LogP contribution in [0.25, 0.3) is 0 Å². The van der Waals surface area contributed by atoms with Crippen LogP contribution in [0, 0.1) is 6.92 Å².